The van der Waals surface area contributed by atoms with Crippen LogP contribution in [0.2, 0.25) is 0 Å². The fraction of sp³-hybridized carbons (Fsp3) is 0.385. The van der Waals surface area contributed by atoms with Crippen LogP contribution < -0.4 is 10.5 Å². The fourth-order valence-corrected chi connectivity index (χ4v) is 1.53. The van der Waals surface area contributed by atoms with Gasteiger partial charge in [0.25, 0.3) is 5.89 Å². The van der Waals surface area contributed by atoms with Gasteiger partial charge in [-0.3, -0.25) is 0 Å². The standard InChI is InChI=1S/C13H17N3O2/c1-3-12-15-13(18-16-12)8-17-11-6-4-5-10(7-11)9(2)14/h4-7,9H,3,8,14H2,1-2H3/t9-/m0/s1. The molecule has 1 heterocycles. The number of nitrogens with zero attached hydrogens (tertiary/aromatic N) is 2. The number of ether oxygens (including phenoxy) is 1. The highest BCUT2D eigenvalue weighted by atomic mass is 16.5. The predicted molar refractivity (Wildman–Crippen MR) is 67.1 cm³/mol. The van der Waals surface area contributed by atoms with Crippen LogP contribution in [-0.4, -0.2) is 10.1 Å². The van der Waals surface area contributed by atoms with Gasteiger partial charge in [-0.05, 0) is 24.6 Å². The molecule has 0 amide bonds. The lowest BCUT2D eigenvalue weighted by atomic mass is 10.1. The highest BCUT2D eigenvalue weighted by Crippen LogP contribution is 2.18. The van der Waals surface area contributed by atoms with Crippen molar-refractivity contribution in [2.45, 2.75) is 32.9 Å². The van der Waals surface area contributed by atoms with Crippen molar-refractivity contribution in [3.05, 3.63) is 41.5 Å². The number of aryl methyl sites for hydroxylation is 1. The molecule has 0 aliphatic rings. The molecule has 0 bridgehead atoms. The Hall–Kier alpha value is -1.88. The summed E-state index contributed by atoms with van der Waals surface area (Å²) < 4.78 is 10.6. The van der Waals surface area contributed by atoms with Gasteiger partial charge in [-0.1, -0.05) is 24.2 Å². The highest BCUT2D eigenvalue weighted by Gasteiger charge is 2.06. The smallest absolute Gasteiger partial charge is 0.264 e. The van der Waals surface area contributed by atoms with Gasteiger partial charge in [-0.25, -0.2) is 0 Å². The third-order valence-electron chi connectivity index (χ3n) is 2.57. The molecule has 1 aromatic carbocycles. The van der Waals surface area contributed by atoms with E-state index in [9.17, 15) is 0 Å². The molecule has 2 rings (SSSR count). The predicted octanol–water partition coefficient (Wildman–Crippen LogP) is 2.23. The number of nitrogens with two attached hydrogens (primary N) is 1. The Balaban J connectivity index is 1.99. The number of rotatable bonds is 5. The zero-order valence-electron chi connectivity index (χ0n) is 10.6. The molecule has 0 spiro atoms. The molecule has 2 aromatic rings. The van der Waals surface area contributed by atoms with E-state index in [1.807, 2.05) is 38.1 Å². The molecular weight excluding hydrogens is 230 g/mol. The average Bonchev–Trinajstić information content (AvgIpc) is 2.84. The fourth-order valence-electron chi connectivity index (χ4n) is 1.53. The maximum absolute atomic E-state index is 5.81. The average molecular weight is 247 g/mol. The van der Waals surface area contributed by atoms with Gasteiger partial charge in [0.1, 0.15) is 5.75 Å². The van der Waals surface area contributed by atoms with Crippen molar-refractivity contribution in [1.29, 1.82) is 0 Å². The number of aromatic nitrogens is 2. The molecule has 1 aromatic heterocycles. The molecule has 0 unspecified atom stereocenters. The summed E-state index contributed by atoms with van der Waals surface area (Å²) in [6.45, 7) is 4.18. The van der Waals surface area contributed by atoms with Gasteiger partial charge in [-0.2, -0.15) is 4.98 Å². The first kappa shape index (κ1) is 12.6. The van der Waals surface area contributed by atoms with E-state index in [1.54, 1.807) is 0 Å². The van der Waals surface area contributed by atoms with Gasteiger partial charge in [-0.15, -0.1) is 0 Å². The normalized spacial score (nSPS) is 12.4. The van der Waals surface area contributed by atoms with Gasteiger partial charge < -0.3 is 15.0 Å². The molecule has 18 heavy (non-hydrogen) atoms. The number of hydrogen-bond donors (Lipinski definition) is 1. The minimum Gasteiger partial charge on any atom is -0.484 e. The summed E-state index contributed by atoms with van der Waals surface area (Å²) in [6.07, 6.45) is 0.754. The molecule has 0 saturated carbocycles. The molecule has 2 N–H and O–H groups in total. The van der Waals surface area contributed by atoms with E-state index in [1.165, 1.54) is 0 Å². The van der Waals surface area contributed by atoms with E-state index >= 15 is 0 Å². The molecule has 5 heteroatoms. The molecule has 96 valence electrons. The molecule has 0 aliphatic heterocycles. The highest BCUT2D eigenvalue weighted by molar-refractivity contribution is 5.30. The van der Waals surface area contributed by atoms with E-state index < -0.39 is 0 Å². The SMILES string of the molecule is CCc1noc(COc2cccc([C@H](C)N)c2)n1. The molecule has 5 nitrogen and oxygen atoms in total. The van der Waals surface area contributed by atoms with E-state index in [0.29, 0.717) is 11.7 Å². The molecular formula is C13H17N3O2. The van der Waals surface area contributed by atoms with Crippen LogP contribution in [0.25, 0.3) is 0 Å². The van der Waals surface area contributed by atoms with Crippen LogP contribution in [0.15, 0.2) is 28.8 Å². The van der Waals surface area contributed by atoms with Crippen molar-refractivity contribution in [2.24, 2.45) is 5.73 Å². The van der Waals surface area contributed by atoms with Gasteiger partial charge in [0.15, 0.2) is 12.4 Å². The maximum Gasteiger partial charge on any atom is 0.264 e. The van der Waals surface area contributed by atoms with Crippen LogP contribution in [0.4, 0.5) is 0 Å². The largest absolute Gasteiger partial charge is 0.484 e. The van der Waals surface area contributed by atoms with Gasteiger partial charge >= 0.3 is 0 Å². The van der Waals surface area contributed by atoms with Crippen LogP contribution in [0.1, 0.15) is 37.2 Å². The summed E-state index contributed by atoms with van der Waals surface area (Å²) in [4.78, 5) is 4.17. The first-order chi connectivity index (χ1) is 8.69. The van der Waals surface area contributed by atoms with Gasteiger partial charge in [0, 0.05) is 12.5 Å². The first-order valence-corrected chi connectivity index (χ1v) is 5.99. The van der Waals surface area contributed by atoms with Crippen LogP contribution in [0, 0.1) is 0 Å². The van der Waals surface area contributed by atoms with Gasteiger partial charge in [0.2, 0.25) is 0 Å². The van der Waals surface area contributed by atoms with Crippen LogP contribution >= 0.6 is 0 Å². The summed E-state index contributed by atoms with van der Waals surface area (Å²) in [5, 5.41) is 3.81. The van der Waals surface area contributed by atoms with Crippen molar-refractivity contribution in [3.8, 4) is 5.75 Å². The molecule has 0 radical (unpaired) electrons. The lowest BCUT2D eigenvalue weighted by molar-refractivity contribution is 0.242. The summed E-state index contributed by atoms with van der Waals surface area (Å²) >= 11 is 0. The summed E-state index contributed by atoms with van der Waals surface area (Å²) in [7, 11) is 0. The third kappa shape index (κ3) is 3.07. The Morgan fingerprint density at radius 3 is 2.94 bits per heavy atom. The molecule has 0 aliphatic carbocycles. The Labute approximate surface area is 106 Å². The topological polar surface area (TPSA) is 74.2 Å². The lowest BCUT2D eigenvalue weighted by Crippen LogP contribution is -2.05. The number of hydrogen-bond acceptors (Lipinski definition) is 5. The molecule has 0 saturated heterocycles. The molecule has 0 fully saturated rings. The van der Waals surface area contributed by atoms with E-state index in [2.05, 4.69) is 10.1 Å². The zero-order valence-corrected chi connectivity index (χ0v) is 10.6. The summed E-state index contributed by atoms with van der Waals surface area (Å²) in [5.41, 5.74) is 6.85. The van der Waals surface area contributed by atoms with Crippen molar-refractivity contribution < 1.29 is 9.26 Å². The van der Waals surface area contributed by atoms with Crippen molar-refractivity contribution in [3.63, 3.8) is 0 Å². The Morgan fingerprint density at radius 1 is 1.44 bits per heavy atom. The van der Waals surface area contributed by atoms with Crippen molar-refractivity contribution >= 4 is 0 Å². The van der Waals surface area contributed by atoms with Crippen LogP contribution in [0.5, 0.6) is 5.75 Å². The Kier molecular flexibility index (Phi) is 3.94. The molecule has 1 atom stereocenters. The van der Waals surface area contributed by atoms with Crippen molar-refractivity contribution in [2.75, 3.05) is 0 Å². The monoisotopic (exact) mass is 247 g/mol. The van der Waals surface area contributed by atoms with E-state index in [4.69, 9.17) is 15.0 Å². The zero-order chi connectivity index (χ0) is 13.0. The van der Waals surface area contributed by atoms with Gasteiger partial charge in [0.05, 0.1) is 0 Å². The third-order valence-corrected chi connectivity index (χ3v) is 2.57. The first-order valence-electron chi connectivity index (χ1n) is 5.99. The summed E-state index contributed by atoms with van der Waals surface area (Å²) in [5.74, 6) is 1.93. The second-order valence-corrected chi connectivity index (χ2v) is 4.11. The Morgan fingerprint density at radius 2 is 2.28 bits per heavy atom. The van der Waals surface area contributed by atoms with E-state index in [-0.39, 0.29) is 12.6 Å². The van der Waals surface area contributed by atoms with Crippen LogP contribution in [-0.2, 0) is 13.0 Å². The van der Waals surface area contributed by atoms with Crippen LogP contribution in [0.3, 0.4) is 0 Å². The number of benzene rings is 1. The van der Waals surface area contributed by atoms with E-state index in [0.717, 1.165) is 17.7 Å². The maximum atomic E-state index is 5.81. The quantitative estimate of drug-likeness (QED) is 0.877. The minimum absolute atomic E-state index is 0.0105. The second kappa shape index (κ2) is 5.64. The second-order valence-electron chi connectivity index (χ2n) is 4.11. The minimum atomic E-state index is -0.0105. The van der Waals surface area contributed by atoms with Crippen molar-refractivity contribution in [1.82, 2.24) is 10.1 Å². The summed E-state index contributed by atoms with van der Waals surface area (Å²) in [6, 6.07) is 7.67. The Bertz CT molecular complexity index is 508. The lowest BCUT2D eigenvalue weighted by Gasteiger charge is -2.08.